The van der Waals surface area contributed by atoms with Crippen LogP contribution in [0.1, 0.15) is 12.8 Å². The van der Waals surface area contributed by atoms with Crippen LogP contribution in [0, 0.1) is 0 Å². The second kappa shape index (κ2) is 4.33. The topological polar surface area (TPSA) is 3.24 Å². The summed E-state index contributed by atoms with van der Waals surface area (Å²) in [6.07, 6.45) is 2.68. The van der Waals surface area contributed by atoms with E-state index in [0.717, 1.165) is 0 Å². The van der Waals surface area contributed by atoms with Crippen LogP contribution >= 0.6 is 8.92 Å². The van der Waals surface area contributed by atoms with E-state index in [1.54, 1.807) is 0 Å². The Morgan fingerprint density at radius 3 is 2.09 bits per heavy atom. The predicted octanol–water partition coefficient (Wildman–Crippen LogP) is 2.53. The molecule has 1 aliphatic rings. The molecule has 66 valence electrons. The van der Waals surface area contributed by atoms with Gasteiger partial charge in [0.2, 0.25) is 0 Å². The van der Waals surface area contributed by atoms with E-state index in [-0.39, 0.29) is 0 Å². The van der Waals surface area contributed by atoms with E-state index in [1.807, 2.05) is 0 Å². The number of halogens is 1. The zero-order valence-corrected chi connectivity index (χ0v) is 11.2. The van der Waals surface area contributed by atoms with Gasteiger partial charge in [-0.05, 0) is 0 Å². The van der Waals surface area contributed by atoms with Crippen LogP contribution in [-0.4, -0.2) is 42.3 Å². The molecule has 1 saturated heterocycles. The van der Waals surface area contributed by atoms with Crippen molar-refractivity contribution in [3.63, 3.8) is 0 Å². The fourth-order valence-electron chi connectivity index (χ4n) is 1.67. The molecule has 3 heteroatoms. The van der Waals surface area contributed by atoms with Crippen molar-refractivity contribution < 1.29 is 0 Å². The Hall–Kier alpha value is 1.05. The molecule has 0 radical (unpaired) electrons. The zero-order chi connectivity index (χ0) is 8.32. The summed E-state index contributed by atoms with van der Waals surface area (Å²) < 4.78 is 2.75. The fourth-order valence-corrected chi connectivity index (χ4v) is 9.29. The van der Waals surface area contributed by atoms with Gasteiger partial charge in [0.25, 0.3) is 0 Å². The molecule has 0 amide bonds. The van der Waals surface area contributed by atoms with Gasteiger partial charge in [0.05, 0.1) is 0 Å². The van der Waals surface area contributed by atoms with Crippen molar-refractivity contribution in [1.29, 1.82) is 0 Å². The molecule has 0 saturated carbocycles. The molecule has 0 spiro atoms. The van der Waals surface area contributed by atoms with Crippen molar-refractivity contribution in [2.75, 3.05) is 20.1 Å². The summed E-state index contributed by atoms with van der Waals surface area (Å²) in [5.74, 6) is 0. The van der Waals surface area contributed by atoms with Gasteiger partial charge in [-0.25, -0.2) is 0 Å². The minimum absolute atomic E-state index is 1.26. The molecule has 1 rings (SSSR count). The predicted molar refractivity (Wildman–Crippen MR) is 53.8 cm³/mol. The first-order valence-electron chi connectivity index (χ1n) is 4.48. The van der Waals surface area contributed by atoms with Gasteiger partial charge in [-0.1, -0.05) is 0 Å². The van der Waals surface area contributed by atoms with Crippen LogP contribution in [0.25, 0.3) is 0 Å². The number of hydrogen-bond donors (Lipinski definition) is 0. The molecule has 0 N–H and O–H groups in total. The van der Waals surface area contributed by atoms with Crippen molar-refractivity contribution in [3.05, 3.63) is 0 Å². The van der Waals surface area contributed by atoms with Crippen molar-refractivity contribution >= 4 is 26.2 Å². The third kappa shape index (κ3) is 3.99. The zero-order valence-electron chi connectivity index (χ0n) is 7.57. The molecule has 0 aromatic rings. The quantitative estimate of drug-likeness (QED) is 0.617. The number of nitrogens with zero attached hydrogens (tertiary/aromatic N) is 1. The van der Waals surface area contributed by atoms with Crippen LogP contribution in [0.5, 0.6) is 0 Å². The van der Waals surface area contributed by atoms with Gasteiger partial charge in [0, 0.05) is 0 Å². The first-order valence-corrected chi connectivity index (χ1v) is 15.0. The molecular weight excluding hydrogens is 264 g/mol. The van der Waals surface area contributed by atoms with E-state index in [1.165, 1.54) is 34.8 Å². The van der Waals surface area contributed by atoms with Crippen LogP contribution < -0.4 is 0 Å². The fraction of sp³-hybridized carbons (Fsp3) is 1.00. The summed E-state index contributed by atoms with van der Waals surface area (Å²) in [7, 11) is 8.70. The molecule has 1 heterocycles. The molecule has 1 fully saturated rings. The molecule has 0 atom stereocenters. The van der Waals surface area contributed by atoms with Crippen LogP contribution in [0.3, 0.4) is 0 Å². The third-order valence-corrected chi connectivity index (χ3v) is 13.0. The van der Waals surface area contributed by atoms with Gasteiger partial charge in [-0.15, -0.1) is 0 Å². The van der Waals surface area contributed by atoms with Crippen LogP contribution in [0.15, 0.2) is 0 Å². The molecule has 0 aromatic heterocycles. The number of rotatable bonds is 0. The molecule has 1 nitrogen and oxygen atoms in total. The second-order valence-electron chi connectivity index (χ2n) is 3.92. The van der Waals surface area contributed by atoms with E-state index < -0.39 is 17.3 Å². The monoisotopic (exact) mass is 283 g/mol. The summed E-state index contributed by atoms with van der Waals surface area (Å²) in [5, 5.41) is 0. The van der Waals surface area contributed by atoms with Gasteiger partial charge in [-0.3, -0.25) is 0 Å². The van der Waals surface area contributed by atoms with Gasteiger partial charge < -0.3 is 0 Å². The normalized spacial score (nSPS) is 27.5. The standard InChI is InChI=1S/C7H15N.CH3.ClH.Sn/c1-4-6-8(3)7-5-2;;;/h1-2,4-7H2,3H3;1H3;1H;/q;;;+1/p-1. The maximum atomic E-state index is 6.49. The Kier molecular flexibility index (Phi) is 3.99. The van der Waals surface area contributed by atoms with Gasteiger partial charge >= 0.3 is 77.9 Å². The Morgan fingerprint density at radius 1 is 1.18 bits per heavy atom. The van der Waals surface area contributed by atoms with Crippen molar-refractivity contribution in [2.24, 2.45) is 0 Å². The average Bonchev–Trinajstić information content (AvgIpc) is 1.83. The van der Waals surface area contributed by atoms with E-state index >= 15 is 0 Å². The van der Waals surface area contributed by atoms with E-state index in [2.05, 4.69) is 16.9 Å². The molecule has 11 heavy (non-hydrogen) atoms. The van der Waals surface area contributed by atoms with E-state index in [4.69, 9.17) is 8.92 Å². The summed E-state index contributed by atoms with van der Waals surface area (Å²) in [5.41, 5.74) is 0. The summed E-state index contributed by atoms with van der Waals surface area (Å²) in [6, 6.07) is 0. The van der Waals surface area contributed by atoms with Crippen LogP contribution in [-0.2, 0) is 0 Å². The van der Waals surface area contributed by atoms with Gasteiger partial charge in [0.1, 0.15) is 0 Å². The number of hydrogen-bond acceptors (Lipinski definition) is 1. The average molecular weight is 282 g/mol. The molecular formula is C8H18ClNSn. The first-order chi connectivity index (χ1) is 5.10. The molecule has 1 aliphatic heterocycles. The third-order valence-electron chi connectivity index (χ3n) is 2.48. The van der Waals surface area contributed by atoms with Crippen LogP contribution in [0.2, 0.25) is 13.8 Å². The minimum atomic E-state index is -1.94. The molecule has 0 aromatic carbocycles. The summed E-state index contributed by atoms with van der Waals surface area (Å²) >= 11 is -1.94. The summed E-state index contributed by atoms with van der Waals surface area (Å²) in [4.78, 5) is 4.81. The maximum absolute atomic E-state index is 6.49. The summed E-state index contributed by atoms with van der Waals surface area (Å²) in [6.45, 7) is 2.53. The van der Waals surface area contributed by atoms with E-state index in [0.29, 0.717) is 0 Å². The van der Waals surface area contributed by atoms with Crippen molar-refractivity contribution in [3.8, 4) is 0 Å². The SMILES string of the molecule is CN1CC[CH2][Sn]([CH3])([Cl])[CH2]CC1. The van der Waals surface area contributed by atoms with Crippen LogP contribution in [0.4, 0.5) is 0 Å². The Balaban J connectivity index is 2.35. The van der Waals surface area contributed by atoms with Gasteiger partial charge in [0.15, 0.2) is 0 Å². The molecule has 0 bridgehead atoms. The molecule has 0 unspecified atom stereocenters. The second-order valence-corrected chi connectivity index (χ2v) is 21.0. The Bertz CT molecular complexity index is 115. The van der Waals surface area contributed by atoms with E-state index in [9.17, 15) is 0 Å². The Morgan fingerprint density at radius 2 is 1.64 bits per heavy atom. The molecule has 0 aliphatic carbocycles. The first kappa shape index (κ1) is 10.1. The van der Waals surface area contributed by atoms with Crippen molar-refractivity contribution in [1.82, 2.24) is 4.90 Å². The van der Waals surface area contributed by atoms with Crippen molar-refractivity contribution in [2.45, 2.75) is 26.7 Å². The van der Waals surface area contributed by atoms with Gasteiger partial charge in [-0.2, -0.15) is 0 Å². The Labute approximate surface area is 77.7 Å².